The number of nitrogens with zero attached hydrogens (tertiary/aromatic N) is 1. The van der Waals surface area contributed by atoms with E-state index in [1.165, 1.54) is 0 Å². The molecule has 180 valence electrons. The van der Waals surface area contributed by atoms with Crippen molar-refractivity contribution >= 4 is 41.3 Å². The second-order valence-electron chi connectivity index (χ2n) is 7.89. The molecule has 0 unspecified atom stereocenters. The molecule has 1 heterocycles. The number of benzene rings is 3. The topological polar surface area (TPSA) is 75.2 Å². The minimum Gasteiger partial charge on any atom is -0.494 e. The first-order valence-corrected chi connectivity index (χ1v) is 12.0. The lowest BCUT2D eigenvalue weighted by Crippen LogP contribution is -2.02. The molecule has 0 aliphatic rings. The minimum atomic E-state index is -0.825. The molecule has 0 bridgehead atoms. The van der Waals surface area contributed by atoms with Crippen molar-refractivity contribution in [2.24, 2.45) is 0 Å². The van der Waals surface area contributed by atoms with Crippen molar-refractivity contribution in [3.8, 4) is 28.8 Å². The Bertz CT molecular complexity index is 1450. The van der Waals surface area contributed by atoms with E-state index in [2.05, 4.69) is 21.8 Å². The Kier molecular flexibility index (Phi) is 8.46. The lowest BCUT2D eigenvalue weighted by molar-refractivity contribution is -0.137. The number of imidazole rings is 1. The van der Waals surface area contributed by atoms with E-state index in [0.29, 0.717) is 34.6 Å². The van der Waals surface area contributed by atoms with Crippen molar-refractivity contribution in [1.29, 1.82) is 0 Å². The van der Waals surface area contributed by atoms with Crippen LogP contribution in [0.1, 0.15) is 35.4 Å². The highest BCUT2D eigenvalue weighted by molar-refractivity contribution is 6.36. The SMILES string of the molecule is O=C(O)CCCOc1cccc(C#Cc2ccc(C=Cc3ncc(-c4ccc(Cl)cc4Cl)[nH]3)cc2)c1. The molecule has 0 saturated carbocycles. The number of halogens is 2. The number of carbonyl (C=O) groups is 1. The minimum absolute atomic E-state index is 0.0888. The number of nitrogens with one attached hydrogen (secondary N) is 1. The molecule has 0 spiro atoms. The number of hydrogen-bond acceptors (Lipinski definition) is 3. The zero-order valence-corrected chi connectivity index (χ0v) is 20.7. The molecule has 0 aliphatic carbocycles. The van der Waals surface area contributed by atoms with Crippen LogP contribution in [-0.4, -0.2) is 27.7 Å². The van der Waals surface area contributed by atoms with Gasteiger partial charge >= 0.3 is 5.97 Å². The second kappa shape index (κ2) is 12.1. The highest BCUT2D eigenvalue weighted by Crippen LogP contribution is 2.29. The predicted molar refractivity (Wildman–Crippen MR) is 144 cm³/mol. The van der Waals surface area contributed by atoms with Crippen LogP contribution < -0.4 is 4.74 Å². The van der Waals surface area contributed by atoms with E-state index >= 15 is 0 Å². The number of hydrogen-bond donors (Lipinski definition) is 2. The summed E-state index contributed by atoms with van der Waals surface area (Å²) in [5.74, 6) is 6.85. The van der Waals surface area contributed by atoms with Crippen LogP contribution in [0, 0.1) is 11.8 Å². The Labute approximate surface area is 219 Å². The van der Waals surface area contributed by atoms with Crippen LogP contribution in [0.25, 0.3) is 23.4 Å². The number of aliphatic carboxylic acids is 1. The van der Waals surface area contributed by atoms with Crippen LogP contribution in [0.2, 0.25) is 10.0 Å². The fourth-order valence-electron chi connectivity index (χ4n) is 3.34. The molecule has 7 heteroatoms. The van der Waals surface area contributed by atoms with E-state index in [9.17, 15) is 4.79 Å². The number of carboxylic acid groups (broad SMARTS) is 1. The maximum Gasteiger partial charge on any atom is 0.303 e. The fraction of sp³-hybridized carbons (Fsp3) is 0.103. The maximum absolute atomic E-state index is 10.6. The van der Waals surface area contributed by atoms with Crippen LogP contribution >= 0.6 is 23.2 Å². The number of ether oxygens (including phenoxy) is 1. The standard InChI is InChI=1S/C29H22Cl2N2O3/c30-23-13-14-25(26(31)18-23)27-19-32-28(33-27)15-12-21-8-6-20(7-9-21)10-11-22-3-1-4-24(17-22)36-16-2-5-29(34)35/h1,3-4,6-9,12-15,17-19H,2,5,16H2,(H,32,33)(H,34,35). The molecule has 0 aliphatic heterocycles. The average molecular weight is 517 g/mol. The van der Waals surface area contributed by atoms with Crippen molar-refractivity contribution < 1.29 is 14.6 Å². The Morgan fingerprint density at radius 2 is 1.81 bits per heavy atom. The van der Waals surface area contributed by atoms with E-state index < -0.39 is 5.97 Å². The second-order valence-corrected chi connectivity index (χ2v) is 8.73. The summed E-state index contributed by atoms with van der Waals surface area (Å²) in [5, 5.41) is 9.85. The van der Waals surface area contributed by atoms with Gasteiger partial charge < -0.3 is 14.8 Å². The van der Waals surface area contributed by atoms with Gasteiger partial charge in [0.05, 0.1) is 23.5 Å². The van der Waals surface area contributed by atoms with Crippen LogP contribution in [-0.2, 0) is 4.79 Å². The van der Waals surface area contributed by atoms with Gasteiger partial charge in [-0.25, -0.2) is 4.98 Å². The van der Waals surface area contributed by atoms with Gasteiger partial charge in [-0.05, 0) is 66.6 Å². The summed E-state index contributed by atoms with van der Waals surface area (Å²) in [4.78, 5) is 18.2. The molecular weight excluding hydrogens is 495 g/mol. The van der Waals surface area contributed by atoms with Gasteiger partial charge in [0.15, 0.2) is 0 Å². The van der Waals surface area contributed by atoms with Crippen molar-refractivity contribution in [2.75, 3.05) is 6.61 Å². The Morgan fingerprint density at radius 3 is 2.58 bits per heavy atom. The van der Waals surface area contributed by atoms with Crippen LogP contribution in [0.5, 0.6) is 5.75 Å². The average Bonchev–Trinajstić information content (AvgIpc) is 3.33. The molecule has 36 heavy (non-hydrogen) atoms. The van der Waals surface area contributed by atoms with E-state index in [1.54, 1.807) is 18.3 Å². The molecule has 0 saturated heterocycles. The Balaban J connectivity index is 1.36. The lowest BCUT2D eigenvalue weighted by Gasteiger charge is -2.05. The van der Waals surface area contributed by atoms with Gasteiger partial charge in [-0.3, -0.25) is 4.79 Å². The van der Waals surface area contributed by atoms with Gasteiger partial charge in [0.1, 0.15) is 11.6 Å². The first-order valence-electron chi connectivity index (χ1n) is 11.2. The van der Waals surface area contributed by atoms with E-state index in [0.717, 1.165) is 27.9 Å². The normalized spacial score (nSPS) is 10.7. The van der Waals surface area contributed by atoms with E-state index in [1.807, 2.05) is 66.7 Å². The highest BCUT2D eigenvalue weighted by atomic mass is 35.5. The molecule has 0 radical (unpaired) electrons. The number of aromatic nitrogens is 2. The molecule has 2 N–H and O–H groups in total. The molecule has 3 aromatic carbocycles. The van der Waals surface area contributed by atoms with Gasteiger partial charge in [0, 0.05) is 28.1 Å². The van der Waals surface area contributed by atoms with Gasteiger partial charge in [-0.2, -0.15) is 0 Å². The third kappa shape index (κ3) is 7.26. The van der Waals surface area contributed by atoms with Gasteiger partial charge in [0.2, 0.25) is 0 Å². The quantitative estimate of drug-likeness (QED) is 0.192. The molecule has 5 nitrogen and oxygen atoms in total. The molecule has 0 amide bonds. The molecule has 0 atom stereocenters. The summed E-state index contributed by atoms with van der Waals surface area (Å²) in [6.07, 6.45) is 6.16. The van der Waals surface area contributed by atoms with Crippen molar-refractivity contribution in [1.82, 2.24) is 9.97 Å². The molecule has 0 fully saturated rings. The largest absolute Gasteiger partial charge is 0.494 e. The van der Waals surface area contributed by atoms with Crippen molar-refractivity contribution in [3.05, 3.63) is 105 Å². The lowest BCUT2D eigenvalue weighted by atomic mass is 10.1. The van der Waals surface area contributed by atoms with Gasteiger partial charge in [-0.15, -0.1) is 0 Å². The molecule has 4 aromatic rings. The highest BCUT2D eigenvalue weighted by Gasteiger charge is 2.07. The van der Waals surface area contributed by atoms with E-state index in [4.69, 9.17) is 33.0 Å². The Morgan fingerprint density at radius 1 is 1.00 bits per heavy atom. The monoisotopic (exact) mass is 516 g/mol. The van der Waals surface area contributed by atoms with Crippen LogP contribution in [0.15, 0.2) is 72.9 Å². The summed E-state index contributed by atoms with van der Waals surface area (Å²) < 4.78 is 5.61. The number of carboxylic acids is 1. The summed E-state index contributed by atoms with van der Waals surface area (Å²) in [5.41, 5.74) is 4.38. The van der Waals surface area contributed by atoms with Gasteiger partial charge in [0.25, 0.3) is 0 Å². The van der Waals surface area contributed by atoms with Gasteiger partial charge in [-0.1, -0.05) is 59.3 Å². The van der Waals surface area contributed by atoms with Crippen molar-refractivity contribution in [2.45, 2.75) is 12.8 Å². The summed E-state index contributed by atoms with van der Waals surface area (Å²) >= 11 is 12.3. The Hall–Kier alpha value is -3.98. The summed E-state index contributed by atoms with van der Waals surface area (Å²) in [6, 6.07) is 20.7. The fourth-order valence-corrected chi connectivity index (χ4v) is 3.85. The number of rotatable bonds is 8. The van der Waals surface area contributed by atoms with Crippen LogP contribution in [0.3, 0.4) is 0 Å². The zero-order chi connectivity index (χ0) is 25.3. The summed E-state index contributed by atoms with van der Waals surface area (Å²) in [7, 11) is 0. The zero-order valence-electron chi connectivity index (χ0n) is 19.2. The summed E-state index contributed by atoms with van der Waals surface area (Å²) in [6.45, 7) is 0.354. The van der Waals surface area contributed by atoms with Crippen LogP contribution in [0.4, 0.5) is 0 Å². The maximum atomic E-state index is 10.6. The predicted octanol–water partition coefficient (Wildman–Crippen LogP) is 7.20. The smallest absolute Gasteiger partial charge is 0.303 e. The van der Waals surface area contributed by atoms with Crippen molar-refractivity contribution in [3.63, 3.8) is 0 Å². The third-order valence-electron chi connectivity index (χ3n) is 5.15. The van der Waals surface area contributed by atoms with E-state index in [-0.39, 0.29) is 6.42 Å². The molecule has 1 aromatic heterocycles. The first-order chi connectivity index (χ1) is 17.5. The molecular formula is C29H22Cl2N2O3. The first kappa shape index (κ1) is 25.1. The number of aromatic amines is 1. The molecule has 4 rings (SSSR count). The number of H-pyrrole nitrogens is 1. The third-order valence-corrected chi connectivity index (χ3v) is 5.70.